The summed E-state index contributed by atoms with van der Waals surface area (Å²) in [5.41, 5.74) is 2.36. The monoisotopic (exact) mass is 400 g/mol. The first-order valence-electron chi connectivity index (χ1n) is 9.53. The Bertz CT molecular complexity index is 1010. The number of fused-ring (bicyclic) bond motifs is 1. The fourth-order valence-corrected chi connectivity index (χ4v) is 5.79. The number of ether oxygens (including phenoxy) is 1. The van der Waals surface area contributed by atoms with Crippen LogP contribution in [0.15, 0.2) is 47.4 Å². The van der Waals surface area contributed by atoms with Crippen molar-refractivity contribution in [2.45, 2.75) is 37.1 Å². The van der Waals surface area contributed by atoms with Gasteiger partial charge in [0.25, 0.3) is 5.91 Å². The molecule has 28 heavy (non-hydrogen) atoms. The van der Waals surface area contributed by atoms with E-state index >= 15 is 0 Å². The lowest BCUT2D eigenvalue weighted by atomic mass is 10.1. The van der Waals surface area contributed by atoms with Crippen LogP contribution in [-0.2, 0) is 16.4 Å². The van der Waals surface area contributed by atoms with Gasteiger partial charge in [0.05, 0.1) is 7.11 Å². The summed E-state index contributed by atoms with van der Waals surface area (Å²) >= 11 is 0. The highest BCUT2D eigenvalue weighted by molar-refractivity contribution is 7.89. The summed E-state index contributed by atoms with van der Waals surface area (Å²) < 4.78 is 33.0. The Labute approximate surface area is 165 Å². The van der Waals surface area contributed by atoms with Crippen LogP contribution in [0, 0.1) is 0 Å². The van der Waals surface area contributed by atoms with Crippen LogP contribution in [-0.4, -0.2) is 44.9 Å². The molecule has 0 radical (unpaired) electrons. The highest BCUT2D eigenvalue weighted by Crippen LogP contribution is 2.35. The number of anilines is 1. The molecule has 0 aromatic heterocycles. The molecule has 1 amide bonds. The summed E-state index contributed by atoms with van der Waals surface area (Å²) in [4.78, 5) is 15.1. The van der Waals surface area contributed by atoms with Gasteiger partial charge >= 0.3 is 0 Å². The molecule has 7 heteroatoms. The molecule has 1 atom stereocenters. The van der Waals surface area contributed by atoms with Crippen molar-refractivity contribution in [3.8, 4) is 5.75 Å². The van der Waals surface area contributed by atoms with Crippen LogP contribution in [0.1, 0.15) is 35.7 Å². The fourth-order valence-electron chi connectivity index (χ4n) is 4.09. The lowest BCUT2D eigenvalue weighted by Crippen LogP contribution is -2.36. The molecule has 1 fully saturated rings. The number of hydrogen-bond donors (Lipinski definition) is 0. The van der Waals surface area contributed by atoms with Crippen LogP contribution < -0.4 is 9.64 Å². The Balaban J connectivity index is 1.74. The van der Waals surface area contributed by atoms with Crippen molar-refractivity contribution in [1.29, 1.82) is 0 Å². The molecule has 2 aromatic carbocycles. The van der Waals surface area contributed by atoms with Crippen molar-refractivity contribution in [3.05, 3.63) is 53.6 Å². The Morgan fingerprint density at radius 3 is 2.54 bits per heavy atom. The van der Waals surface area contributed by atoms with E-state index in [2.05, 4.69) is 0 Å². The summed E-state index contributed by atoms with van der Waals surface area (Å²) in [7, 11) is -2.25. The molecule has 0 N–H and O–H groups in total. The molecule has 1 saturated heterocycles. The van der Waals surface area contributed by atoms with Gasteiger partial charge in [-0.15, -0.1) is 0 Å². The zero-order chi connectivity index (χ0) is 19.9. The highest BCUT2D eigenvalue weighted by atomic mass is 32.2. The van der Waals surface area contributed by atoms with Gasteiger partial charge in [0.1, 0.15) is 10.6 Å². The molecular weight excluding hydrogens is 376 g/mol. The van der Waals surface area contributed by atoms with Gasteiger partial charge in [-0.25, -0.2) is 8.42 Å². The number of hydrogen-bond acceptors (Lipinski definition) is 4. The maximum absolute atomic E-state index is 13.3. The van der Waals surface area contributed by atoms with Gasteiger partial charge < -0.3 is 9.64 Å². The van der Waals surface area contributed by atoms with Gasteiger partial charge in [-0.2, -0.15) is 4.31 Å². The molecular formula is C21H24N2O4S. The van der Waals surface area contributed by atoms with Crippen molar-refractivity contribution >= 4 is 21.6 Å². The minimum atomic E-state index is -3.70. The zero-order valence-electron chi connectivity index (χ0n) is 16.1. The highest BCUT2D eigenvalue weighted by Gasteiger charge is 2.34. The summed E-state index contributed by atoms with van der Waals surface area (Å²) in [6.07, 6.45) is 2.49. The molecule has 2 aromatic rings. The fraction of sp³-hybridized carbons (Fsp3) is 0.381. The quantitative estimate of drug-likeness (QED) is 0.791. The molecule has 2 aliphatic heterocycles. The van der Waals surface area contributed by atoms with Crippen molar-refractivity contribution in [3.63, 3.8) is 0 Å². The molecule has 2 aliphatic rings. The number of carbonyl (C=O) groups is 1. The van der Waals surface area contributed by atoms with Crippen molar-refractivity contribution in [2.75, 3.05) is 25.1 Å². The minimum absolute atomic E-state index is 0.0191. The lowest BCUT2D eigenvalue weighted by molar-refractivity contribution is 0.0981. The zero-order valence-corrected chi connectivity index (χ0v) is 16.9. The normalized spacial score (nSPS) is 19.6. The van der Waals surface area contributed by atoms with Crippen LogP contribution >= 0.6 is 0 Å². The van der Waals surface area contributed by atoms with E-state index < -0.39 is 10.0 Å². The Morgan fingerprint density at radius 1 is 1.11 bits per heavy atom. The maximum Gasteiger partial charge on any atom is 0.258 e. The predicted octanol–water partition coefficient (Wildman–Crippen LogP) is 3.07. The topological polar surface area (TPSA) is 66.9 Å². The van der Waals surface area contributed by atoms with E-state index in [-0.39, 0.29) is 22.6 Å². The Morgan fingerprint density at radius 2 is 1.82 bits per heavy atom. The predicted molar refractivity (Wildman–Crippen MR) is 107 cm³/mol. The van der Waals surface area contributed by atoms with Crippen molar-refractivity contribution in [2.24, 2.45) is 0 Å². The number of rotatable bonds is 4. The van der Waals surface area contributed by atoms with Crippen molar-refractivity contribution in [1.82, 2.24) is 4.31 Å². The number of amides is 1. The van der Waals surface area contributed by atoms with E-state index in [0.717, 1.165) is 30.5 Å². The summed E-state index contributed by atoms with van der Waals surface area (Å²) in [6.45, 7) is 3.00. The summed E-state index contributed by atoms with van der Waals surface area (Å²) in [5.74, 6) is 0.0660. The van der Waals surface area contributed by atoms with Gasteiger partial charge in [0.15, 0.2) is 0 Å². The van der Waals surface area contributed by atoms with E-state index in [9.17, 15) is 13.2 Å². The standard InChI is InChI=1S/C21H24N2O4S/c1-15-13-16-7-3-4-8-18(16)23(15)21(24)17-9-10-19(27-2)20(14-17)28(25,26)22-11-5-6-12-22/h3-4,7-10,14-15H,5-6,11-13H2,1-2H3/t15-/m1/s1. The van der Waals surface area contributed by atoms with Gasteiger partial charge in [-0.3, -0.25) is 4.79 Å². The molecule has 0 saturated carbocycles. The molecule has 148 valence electrons. The first kappa shape index (κ1) is 19.0. The molecule has 6 nitrogen and oxygen atoms in total. The van der Waals surface area contributed by atoms with Crippen molar-refractivity contribution < 1.29 is 17.9 Å². The summed E-state index contributed by atoms with van der Waals surface area (Å²) in [5, 5.41) is 0. The van der Waals surface area contributed by atoms with Gasteiger partial charge in [-0.1, -0.05) is 18.2 Å². The molecule has 0 aliphatic carbocycles. The minimum Gasteiger partial charge on any atom is -0.495 e. The third-order valence-electron chi connectivity index (χ3n) is 5.52. The third kappa shape index (κ3) is 3.08. The van der Waals surface area contributed by atoms with Crippen LogP contribution in [0.25, 0.3) is 0 Å². The van der Waals surface area contributed by atoms with Gasteiger partial charge in [0.2, 0.25) is 10.0 Å². The van der Waals surface area contributed by atoms with E-state index in [1.54, 1.807) is 17.0 Å². The van der Waals surface area contributed by atoms with E-state index in [1.807, 2.05) is 31.2 Å². The van der Waals surface area contributed by atoms with E-state index in [0.29, 0.717) is 18.7 Å². The number of para-hydroxylation sites is 1. The average Bonchev–Trinajstić information content (AvgIpc) is 3.34. The Hall–Kier alpha value is -2.38. The number of carbonyl (C=O) groups excluding carboxylic acids is 1. The van der Waals surface area contributed by atoms with Crippen LogP contribution in [0.3, 0.4) is 0 Å². The molecule has 0 unspecified atom stereocenters. The van der Waals surface area contributed by atoms with E-state index in [1.165, 1.54) is 17.5 Å². The van der Waals surface area contributed by atoms with Crippen LogP contribution in [0.5, 0.6) is 5.75 Å². The number of sulfonamides is 1. The SMILES string of the molecule is COc1ccc(C(=O)N2c3ccccc3C[C@H]2C)cc1S(=O)(=O)N1CCCC1. The van der Waals surface area contributed by atoms with Gasteiger partial charge in [0, 0.05) is 30.4 Å². The maximum atomic E-state index is 13.3. The second kappa shape index (κ2) is 7.22. The van der Waals surface area contributed by atoms with Gasteiger partial charge in [-0.05, 0) is 56.0 Å². The number of nitrogens with zero attached hydrogens (tertiary/aromatic N) is 2. The van der Waals surface area contributed by atoms with Crippen LogP contribution in [0.2, 0.25) is 0 Å². The average molecular weight is 401 g/mol. The second-order valence-electron chi connectivity index (χ2n) is 7.33. The Kier molecular flexibility index (Phi) is 4.89. The first-order chi connectivity index (χ1) is 13.4. The number of methoxy groups -OCH3 is 1. The first-order valence-corrected chi connectivity index (χ1v) is 11.0. The molecule has 0 bridgehead atoms. The molecule has 2 heterocycles. The van der Waals surface area contributed by atoms with E-state index in [4.69, 9.17) is 4.74 Å². The smallest absolute Gasteiger partial charge is 0.258 e. The third-order valence-corrected chi connectivity index (χ3v) is 7.44. The second-order valence-corrected chi connectivity index (χ2v) is 9.24. The molecule has 4 rings (SSSR count). The lowest BCUT2D eigenvalue weighted by Gasteiger charge is -2.24. The largest absolute Gasteiger partial charge is 0.495 e. The van der Waals surface area contributed by atoms with Crippen LogP contribution in [0.4, 0.5) is 5.69 Å². The summed E-state index contributed by atoms with van der Waals surface area (Å²) in [6, 6.07) is 12.5. The molecule has 0 spiro atoms. The number of benzene rings is 2.